The molecule has 0 spiro atoms. The Morgan fingerprint density at radius 1 is 0.647 bits per heavy atom. The van der Waals surface area contributed by atoms with Crippen LogP contribution in [0.3, 0.4) is 0 Å². The predicted octanol–water partition coefficient (Wildman–Crippen LogP) is 5.43. The summed E-state index contributed by atoms with van der Waals surface area (Å²) in [5, 5.41) is 0. The molecule has 0 unspecified atom stereocenters. The highest BCUT2D eigenvalue weighted by Gasteiger charge is 2.25. The fourth-order valence-corrected chi connectivity index (χ4v) is 13.5. The lowest BCUT2D eigenvalue weighted by Crippen LogP contribution is -2.02. The first-order valence-corrected chi connectivity index (χ1v) is 13.0. The Bertz CT molecular complexity index is 244. The van der Waals surface area contributed by atoms with Crippen molar-refractivity contribution < 1.29 is 4.31 Å². The molecule has 0 aromatic heterocycles. The van der Waals surface area contributed by atoms with Crippen molar-refractivity contribution in [2.75, 3.05) is 24.6 Å². The zero-order chi connectivity index (χ0) is 13.4. The monoisotopic (exact) mass is 314 g/mol. The van der Waals surface area contributed by atoms with Gasteiger partial charge in [-0.25, -0.2) is 0 Å². The molecule has 0 aliphatic rings. The van der Waals surface area contributed by atoms with Crippen molar-refractivity contribution in [2.45, 2.75) is 53.4 Å². The molecule has 0 atom stereocenters. The summed E-state index contributed by atoms with van der Waals surface area (Å²) in [5.41, 5.74) is 0. The summed E-state index contributed by atoms with van der Waals surface area (Å²) in [7, 11) is 0. The lowest BCUT2D eigenvalue weighted by molar-refractivity contribution is 0.659. The van der Waals surface area contributed by atoms with Crippen molar-refractivity contribution in [3.63, 3.8) is 0 Å². The summed E-state index contributed by atoms with van der Waals surface area (Å²) in [4.78, 5) is 0. The van der Waals surface area contributed by atoms with Crippen LogP contribution in [0.5, 0.6) is 0 Å². The minimum absolute atomic E-state index is 1.07. The van der Waals surface area contributed by atoms with Crippen LogP contribution in [0.15, 0.2) is 0 Å². The highest BCUT2D eigenvalue weighted by Crippen LogP contribution is 2.64. The molecule has 0 saturated carbocycles. The summed E-state index contributed by atoms with van der Waals surface area (Å²) in [6, 6.07) is 0. The summed E-state index contributed by atoms with van der Waals surface area (Å²) >= 11 is 11.7. The van der Waals surface area contributed by atoms with E-state index in [1.807, 2.05) is 0 Å². The Kier molecular flexibility index (Phi) is 9.89. The molecule has 1 nitrogen and oxygen atoms in total. The second-order valence-electron chi connectivity index (χ2n) is 4.61. The van der Waals surface area contributed by atoms with Crippen molar-refractivity contribution in [1.29, 1.82) is 0 Å². The fraction of sp³-hybridized carbons (Fsp3) is 1.00. The lowest BCUT2D eigenvalue weighted by Gasteiger charge is -2.30. The van der Waals surface area contributed by atoms with Gasteiger partial charge in [0.05, 0.1) is 12.5 Å². The molecule has 0 aromatic rings. The molecule has 0 fully saturated rings. The van der Waals surface area contributed by atoms with Gasteiger partial charge in [-0.1, -0.05) is 51.3 Å². The Morgan fingerprint density at radius 3 is 1.06 bits per heavy atom. The van der Waals surface area contributed by atoms with Gasteiger partial charge >= 0.3 is 0 Å². The smallest absolute Gasteiger partial charge is 0.0730 e. The van der Waals surface area contributed by atoms with Gasteiger partial charge in [-0.2, -0.15) is 0 Å². The number of hydrogen-bond acceptors (Lipinski definition) is 3. The first-order valence-electron chi connectivity index (χ1n) is 6.82. The summed E-state index contributed by atoms with van der Waals surface area (Å²) in [6.45, 7) is 8.79. The maximum atomic E-state index is 6.44. The van der Waals surface area contributed by atoms with Gasteiger partial charge < -0.3 is 4.31 Å². The average molecular weight is 314 g/mol. The Balaban J connectivity index is 4.79. The van der Waals surface area contributed by atoms with E-state index in [4.69, 9.17) is 27.9 Å². The van der Waals surface area contributed by atoms with Crippen LogP contribution >= 0.6 is 12.5 Å². The molecule has 0 saturated heterocycles. The van der Waals surface area contributed by atoms with E-state index in [2.05, 4.69) is 27.7 Å². The van der Waals surface area contributed by atoms with Gasteiger partial charge in [0.15, 0.2) is 0 Å². The molecule has 0 N–H and O–H groups in total. The molecule has 0 rings (SSSR count). The molecule has 0 amide bonds. The SMILES string of the molecule is CCCP(=S)(CCC)OP(=S)(CCC)CCC. The van der Waals surface area contributed by atoms with Crippen LogP contribution in [0, 0.1) is 0 Å². The third kappa shape index (κ3) is 7.43. The van der Waals surface area contributed by atoms with Crippen LogP contribution in [-0.4, -0.2) is 24.6 Å². The van der Waals surface area contributed by atoms with Crippen LogP contribution in [0.2, 0.25) is 0 Å². The largest absolute Gasteiger partial charge is 0.321 e. The normalized spacial score (nSPS) is 12.9. The standard InChI is InChI=1S/C12H28OP2S2/c1-5-9-14(16,10-6-2)13-15(17,11-7-3)12-8-4/h5-12H2,1-4H3. The van der Waals surface area contributed by atoms with Gasteiger partial charge in [0, 0.05) is 0 Å². The molecule has 0 bridgehead atoms. The number of hydrogen-bond donors (Lipinski definition) is 0. The van der Waals surface area contributed by atoms with E-state index in [0.717, 1.165) is 50.3 Å². The van der Waals surface area contributed by atoms with Crippen molar-refractivity contribution in [1.82, 2.24) is 0 Å². The molecular formula is C12H28OP2S2. The van der Waals surface area contributed by atoms with Crippen LogP contribution in [0.4, 0.5) is 0 Å². The molecule has 104 valence electrons. The van der Waals surface area contributed by atoms with Gasteiger partial charge in [-0.15, -0.1) is 0 Å². The Hall–Kier alpha value is 1.26. The Labute approximate surface area is 118 Å². The molecule has 0 aromatic carbocycles. The minimum atomic E-state index is -1.62. The topological polar surface area (TPSA) is 9.23 Å². The lowest BCUT2D eigenvalue weighted by atomic mass is 10.6. The van der Waals surface area contributed by atoms with E-state index in [9.17, 15) is 0 Å². The van der Waals surface area contributed by atoms with Crippen molar-refractivity contribution in [3.8, 4) is 0 Å². The molecule has 0 heterocycles. The first-order chi connectivity index (χ1) is 7.95. The average Bonchev–Trinajstić information content (AvgIpc) is 2.17. The highest BCUT2D eigenvalue weighted by molar-refractivity contribution is 8.19. The van der Waals surface area contributed by atoms with Gasteiger partial charge in [0.2, 0.25) is 0 Å². The third-order valence-electron chi connectivity index (χ3n) is 2.55. The predicted molar refractivity (Wildman–Crippen MR) is 90.3 cm³/mol. The van der Waals surface area contributed by atoms with E-state index in [-0.39, 0.29) is 0 Å². The molecule has 17 heavy (non-hydrogen) atoms. The van der Waals surface area contributed by atoms with Crippen LogP contribution in [-0.2, 0) is 27.9 Å². The molecular weight excluding hydrogens is 286 g/mol. The van der Waals surface area contributed by atoms with Gasteiger partial charge in [-0.3, -0.25) is 0 Å². The zero-order valence-electron chi connectivity index (χ0n) is 11.8. The third-order valence-corrected chi connectivity index (χ3v) is 12.8. The number of rotatable bonds is 10. The van der Waals surface area contributed by atoms with Gasteiger partial charge in [-0.05, 0) is 50.3 Å². The molecule has 0 aliphatic carbocycles. The van der Waals surface area contributed by atoms with Crippen molar-refractivity contribution >= 4 is 36.1 Å². The van der Waals surface area contributed by atoms with E-state index in [0.29, 0.717) is 0 Å². The van der Waals surface area contributed by atoms with Crippen molar-refractivity contribution in [3.05, 3.63) is 0 Å². The maximum Gasteiger partial charge on any atom is 0.0730 e. The zero-order valence-corrected chi connectivity index (χ0v) is 15.2. The highest BCUT2D eigenvalue weighted by atomic mass is 32.5. The van der Waals surface area contributed by atoms with E-state index >= 15 is 0 Å². The molecule has 5 heteroatoms. The van der Waals surface area contributed by atoms with E-state index < -0.39 is 12.5 Å². The second kappa shape index (κ2) is 9.21. The maximum absolute atomic E-state index is 6.44. The second-order valence-corrected chi connectivity index (χ2v) is 14.3. The van der Waals surface area contributed by atoms with Gasteiger partial charge in [0.1, 0.15) is 0 Å². The van der Waals surface area contributed by atoms with E-state index in [1.54, 1.807) is 0 Å². The van der Waals surface area contributed by atoms with Crippen LogP contribution < -0.4 is 0 Å². The minimum Gasteiger partial charge on any atom is -0.321 e. The van der Waals surface area contributed by atoms with Crippen molar-refractivity contribution in [2.24, 2.45) is 0 Å². The quantitative estimate of drug-likeness (QED) is 0.497. The van der Waals surface area contributed by atoms with Crippen LogP contribution in [0.1, 0.15) is 53.4 Å². The van der Waals surface area contributed by atoms with Gasteiger partial charge in [0.25, 0.3) is 0 Å². The van der Waals surface area contributed by atoms with Crippen LogP contribution in [0.25, 0.3) is 0 Å². The summed E-state index contributed by atoms with van der Waals surface area (Å²) in [5.74, 6) is 0. The Morgan fingerprint density at radius 2 is 0.882 bits per heavy atom. The fourth-order valence-electron chi connectivity index (χ4n) is 2.02. The van der Waals surface area contributed by atoms with E-state index in [1.165, 1.54) is 0 Å². The molecule has 0 aliphatic heterocycles. The summed E-state index contributed by atoms with van der Waals surface area (Å²) < 4.78 is 6.44. The molecule has 0 radical (unpaired) electrons. The summed E-state index contributed by atoms with van der Waals surface area (Å²) in [6.07, 6.45) is 5.56. The first kappa shape index (κ1) is 18.3.